The van der Waals surface area contributed by atoms with E-state index in [1.54, 1.807) is 36.7 Å². The Bertz CT molecular complexity index is 523. The fraction of sp³-hybridized carbons (Fsp3) is 0.154. The van der Waals surface area contributed by atoms with Crippen molar-refractivity contribution in [3.8, 4) is 11.1 Å². The van der Waals surface area contributed by atoms with Gasteiger partial charge in [-0.2, -0.15) is 13.2 Å². The van der Waals surface area contributed by atoms with Crippen LogP contribution in [0, 0.1) is 0 Å². The van der Waals surface area contributed by atoms with E-state index in [1.165, 1.54) is 12.1 Å². The van der Waals surface area contributed by atoms with E-state index in [0.717, 1.165) is 5.56 Å². The fourth-order valence-electron chi connectivity index (χ4n) is 1.63. The lowest BCUT2D eigenvalue weighted by atomic mass is 10.0. The molecule has 1 aromatic carbocycles. The van der Waals surface area contributed by atoms with Crippen molar-refractivity contribution in [2.45, 2.75) is 12.2 Å². The van der Waals surface area contributed by atoms with Crippen LogP contribution in [-0.4, -0.2) is 11.2 Å². The van der Waals surface area contributed by atoms with Crippen LogP contribution in [0.1, 0.15) is 11.6 Å². The van der Waals surface area contributed by atoms with Crippen molar-refractivity contribution < 1.29 is 13.2 Å². The number of halogens is 3. The number of nitrogens with two attached hydrogens (primary N) is 1. The van der Waals surface area contributed by atoms with Gasteiger partial charge in [0.1, 0.15) is 6.04 Å². The monoisotopic (exact) mass is 252 g/mol. The molecule has 2 N–H and O–H groups in total. The molecule has 0 fully saturated rings. The van der Waals surface area contributed by atoms with Gasteiger partial charge < -0.3 is 5.73 Å². The molecule has 1 atom stereocenters. The topological polar surface area (TPSA) is 38.9 Å². The number of nitrogens with zero attached hydrogens (tertiary/aromatic N) is 1. The number of rotatable bonds is 2. The predicted molar refractivity (Wildman–Crippen MR) is 62.7 cm³/mol. The van der Waals surface area contributed by atoms with E-state index in [2.05, 4.69) is 4.98 Å². The maximum Gasteiger partial charge on any atom is 0.407 e. The molecule has 0 saturated carbocycles. The zero-order chi connectivity index (χ0) is 13.2. The Morgan fingerprint density at radius 3 is 2.39 bits per heavy atom. The molecule has 0 bridgehead atoms. The van der Waals surface area contributed by atoms with Crippen LogP contribution >= 0.6 is 0 Å². The number of aromatic nitrogens is 1. The summed E-state index contributed by atoms with van der Waals surface area (Å²) in [5.74, 6) is 0. The van der Waals surface area contributed by atoms with Crippen molar-refractivity contribution >= 4 is 0 Å². The summed E-state index contributed by atoms with van der Waals surface area (Å²) in [5, 5.41) is 0. The summed E-state index contributed by atoms with van der Waals surface area (Å²) in [5.41, 5.74) is 6.65. The van der Waals surface area contributed by atoms with E-state index in [4.69, 9.17) is 5.73 Å². The summed E-state index contributed by atoms with van der Waals surface area (Å²) in [6.45, 7) is 0. The second-order valence-electron chi connectivity index (χ2n) is 3.89. The molecule has 5 heteroatoms. The second kappa shape index (κ2) is 4.78. The van der Waals surface area contributed by atoms with Crippen molar-refractivity contribution in [2.24, 2.45) is 5.73 Å². The summed E-state index contributed by atoms with van der Waals surface area (Å²) in [6, 6.07) is 7.64. The summed E-state index contributed by atoms with van der Waals surface area (Å²) in [6.07, 6.45) is -1.24. The Morgan fingerprint density at radius 1 is 1.06 bits per heavy atom. The Kier molecular flexibility index (Phi) is 3.34. The van der Waals surface area contributed by atoms with Gasteiger partial charge in [0.15, 0.2) is 0 Å². The van der Waals surface area contributed by atoms with Gasteiger partial charge >= 0.3 is 6.18 Å². The Labute approximate surface area is 102 Å². The lowest BCUT2D eigenvalue weighted by Gasteiger charge is -2.16. The molecule has 0 spiro atoms. The highest BCUT2D eigenvalue weighted by Gasteiger charge is 2.37. The number of pyridine rings is 1. The van der Waals surface area contributed by atoms with Crippen LogP contribution in [-0.2, 0) is 0 Å². The lowest BCUT2D eigenvalue weighted by Crippen LogP contribution is -2.28. The van der Waals surface area contributed by atoms with Gasteiger partial charge in [0.25, 0.3) is 0 Å². The zero-order valence-electron chi connectivity index (χ0n) is 9.35. The van der Waals surface area contributed by atoms with Crippen molar-refractivity contribution in [2.75, 3.05) is 0 Å². The molecule has 2 aromatic rings. The first-order chi connectivity index (χ1) is 8.48. The summed E-state index contributed by atoms with van der Waals surface area (Å²) < 4.78 is 37.6. The van der Waals surface area contributed by atoms with Crippen LogP contribution in [0.2, 0.25) is 0 Å². The zero-order valence-corrected chi connectivity index (χ0v) is 9.35. The summed E-state index contributed by atoms with van der Waals surface area (Å²) >= 11 is 0. The van der Waals surface area contributed by atoms with E-state index in [-0.39, 0.29) is 5.56 Å². The SMILES string of the molecule is N[C@H](c1cccc(-c2cccnc2)c1)C(F)(F)F. The molecule has 2 rings (SSSR count). The molecule has 0 aliphatic rings. The minimum atomic E-state index is -4.44. The molecule has 0 aliphatic carbocycles. The average molecular weight is 252 g/mol. The van der Waals surface area contributed by atoms with E-state index in [9.17, 15) is 13.2 Å². The molecule has 94 valence electrons. The lowest BCUT2D eigenvalue weighted by molar-refractivity contribution is -0.149. The summed E-state index contributed by atoms with van der Waals surface area (Å²) in [4.78, 5) is 3.93. The third-order valence-corrected chi connectivity index (χ3v) is 2.59. The molecule has 0 aliphatic heterocycles. The van der Waals surface area contributed by atoms with Gasteiger partial charge in [-0.15, -0.1) is 0 Å². The van der Waals surface area contributed by atoms with Crippen LogP contribution in [0.25, 0.3) is 11.1 Å². The molecule has 2 nitrogen and oxygen atoms in total. The van der Waals surface area contributed by atoms with Gasteiger partial charge in [-0.25, -0.2) is 0 Å². The quantitative estimate of drug-likeness (QED) is 0.890. The van der Waals surface area contributed by atoms with Gasteiger partial charge in [-0.3, -0.25) is 4.98 Å². The second-order valence-corrected chi connectivity index (χ2v) is 3.89. The first-order valence-electron chi connectivity index (χ1n) is 5.31. The van der Waals surface area contributed by atoms with Crippen LogP contribution in [0.15, 0.2) is 48.8 Å². The minimum Gasteiger partial charge on any atom is -0.316 e. The molecule has 1 heterocycles. The van der Waals surface area contributed by atoms with Crippen molar-refractivity contribution in [1.82, 2.24) is 4.98 Å². The van der Waals surface area contributed by atoms with Crippen molar-refractivity contribution in [1.29, 1.82) is 0 Å². The van der Waals surface area contributed by atoms with Gasteiger partial charge in [0.2, 0.25) is 0 Å². The average Bonchev–Trinajstić information content (AvgIpc) is 2.38. The van der Waals surface area contributed by atoms with E-state index < -0.39 is 12.2 Å². The molecule has 1 aromatic heterocycles. The Morgan fingerprint density at radius 2 is 1.78 bits per heavy atom. The Hall–Kier alpha value is -1.88. The largest absolute Gasteiger partial charge is 0.407 e. The number of hydrogen-bond acceptors (Lipinski definition) is 2. The molecule has 0 unspecified atom stereocenters. The van der Waals surface area contributed by atoms with Crippen molar-refractivity contribution in [3.05, 3.63) is 54.4 Å². The fourth-order valence-corrected chi connectivity index (χ4v) is 1.63. The highest BCUT2D eigenvalue weighted by atomic mass is 19.4. The smallest absolute Gasteiger partial charge is 0.316 e. The van der Waals surface area contributed by atoms with Crippen LogP contribution < -0.4 is 5.73 Å². The number of hydrogen-bond donors (Lipinski definition) is 1. The van der Waals surface area contributed by atoms with Crippen LogP contribution in [0.3, 0.4) is 0 Å². The first-order valence-corrected chi connectivity index (χ1v) is 5.31. The predicted octanol–water partition coefficient (Wildman–Crippen LogP) is 3.31. The third kappa shape index (κ3) is 2.68. The standard InChI is InChI=1S/C13H11F3N2/c14-13(15,16)12(17)10-4-1-3-9(7-10)11-5-2-6-18-8-11/h1-8,12H,17H2/t12-/m1/s1. The molecular weight excluding hydrogens is 241 g/mol. The van der Waals surface area contributed by atoms with Gasteiger partial charge in [0, 0.05) is 12.4 Å². The maximum atomic E-state index is 12.5. The highest BCUT2D eigenvalue weighted by Crippen LogP contribution is 2.32. The normalized spacial score (nSPS) is 13.3. The first kappa shape index (κ1) is 12.6. The molecule has 0 radical (unpaired) electrons. The van der Waals surface area contributed by atoms with Crippen LogP contribution in [0.4, 0.5) is 13.2 Å². The van der Waals surface area contributed by atoms with Gasteiger partial charge in [-0.1, -0.05) is 24.3 Å². The highest BCUT2D eigenvalue weighted by molar-refractivity contribution is 5.63. The van der Waals surface area contributed by atoms with Gasteiger partial charge in [0.05, 0.1) is 0 Å². The van der Waals surface area contributed by atoms with Crippen LogP contribution in [0.5, 0.6) is 0 Å². The number of alkyl halides is 3. The van der Waals surface area contributed by atoms with Gasteiger partial charge in [-0.05, 0) is 28.8 Å². The molecule has 18 heavy (non-hydrogen) atoms. The maximum absolute atomic E-state index is 12.5. The minimum absolute atomic E-state index is 0.0452. The molecule has 0 saturated heterocycles. The molecule has 0 amide bonds. The van der Waals surface area contributed by atoms with Crippen molar-refractivity contribution in [3.63, 3.8) is 0 Å². The van der Waals surface area contributed by atoms with E-state index in [1.807, 2.05) is 0 Å². The molecular formula is C13H11F3N2. The third-order valence-electron chi connectivity index (χ3n) is 2.59. The Balaban J connectivity index is 2.37. The number of benzene rings is 1. The summed E-state index contributed by atoms with van der Waals surface area (Å²) in [7, 11) is 0. The van der Waals surface area contributed by atoms with E-state index in [0.29, 0.717) is 5.56 Å². The van der Waals surface area contributed by atoms with E-state index >= 15 is 0 Å².